The maximum atomic E-state index is 12.7. The van der Waals surface area contributed by atoms with Crippen molar-refractivity contribution in [3.8, 4) is 28.7 Å². The third-order valence-electron chi connectivity index (χ3n) is 5.10. The van der Waals surface area contributed by atoms with Crippen molar-refractivity contribution in [2.45, 2.75) is 26.9 Å². The number of aryl methyl sites for hydroxylation is 1. The number of amides is 1. The zero-order valence-electron chi connectivity index (χ0n) is 17.6. The standard InChI is InChI=1S/C25H23N3O3/c1-16-10-9-14-21(17(16)2)26-23(29)18(3)30-22-15-8-7-13-20(22)25-28-27-24(31-25)19-11-5-4-6-12-19/h4-15,18H,1-3H3,(H,26,29)/t18-/m0/s1. The van der Waals surface area contributed by atoms with Gasteiger partial charge in [-0.25, -0.2) is 0 Å². The molecule has 1 heterocycles. The molecule has 156 valence electrons. The average molecular weight is 413 g/mol. The zero-order chi connectivity index (χ0) is 21.8. The van der Waals surface area contributed by atoms with Gasteiger partial charge in [0.25, 0.3) is 11.8 Å². The van der Waals surface area contributed by atoms with Crippen LogP contribution in [0.3, 0.4) is 0 Å². The molecule has 0 saturated carbocycles. The Kier molecular flexibility index (Phi) is 5.80. The van der Waals surface area contributed by atoms with Crippen LogP contribution in [0.5, 0.6) is 5.75 Å². The van der Waals surface area contributed by atoms with Gasteiger partial charge in [-0.2, -0.15) is 0 Å². The first-order chi connectivity index (χ1) is 15.0. The number of hydrogen-bond donors (Lipinski definition) is 1. The Morgan fingerprint density at radius 2 is 1.61 bits per heavy atom. The van der Waals surface area contributed by atoms with Crippen LogP contribution in [0.1, 0.15) is 18.1 Å². The Morgan fingerprint density at radius 1 is 0.903 bits per heavy atom. The van der Waals surface area contributed by atoms with Crippen molar-refractivity contribution >= 4 is 11.6 Å². The molecule has 0 unspecified atom stereocenters. The van der Waals surface area contributed by atoms with Crippen LogP contribution in [0.4, 0.5) is 5.69 Å². The molecule has 1 N–H and O–H groups in total. The summed E-state index contributed by atoms with van der Waals surface area (Å²) < 4.78 is 11.8. The minimum absolute atomic E-state index is 0.237. The Bertz CT molecular complexity index is 1200. The molecule has 0 aliphatic heterocycles. The van der Waals surface area contributed by atoms with Crippen LogP contribution in [0, 0.1) is 13.8 Å². The molecule has 0 aliphatic rings. The van der Waals surface area contributed by atoms with Gasteiger partial charge in [0.05, 0.1) is 5.56 Å². The van der Waals surface area contributed by atoms with E-state index in [0.29, 0.717) is 23.1 Å². The second-order valence-electron chi connectivity index (χ2n) is 7.27. The van der Waals surface area contributed by atoms with Crippen LogP contribution in [0.2, 0.25) is 0 Å². The normalized spacial score (nSPS) is 11.7. The highest BCUT2D eigenvalue weighted by Gasteiger charge is 2.20. The summed E-state index contributed by atoms with van der Waals surface area (Å²) in [6, 6.07) is 22.7. The minimum atomic E-state index is -0.724. The summed E-state index contributed by atoms with van der Waals surface area (Å²) in [7, 11) is 0. The van der Waals surface area contributed by atoms with Gasteiger partial charge in [0, 0.05) is 11.3 Å². The van der Waals surface area contributed by atoms with Gasteiger partial charge in [-0.05, 0) is 62.2 Å². The maximum absolute atomic E-state index is 12.7. The van der Waals surface area contributed by atoms with Crippen molar-refractivity contribution in [2.75, 3.05) is 5.32 Å². The van der Waals surface area contributed by atoms with E-state index in [9.17, 15) is 4.79 Å². The van der Waals surface area contributed by atoms with Gasteiger partial charge in [0.2, 0.25) is 5.89 Å². The van der Waals surface area contributed by atoms with E-state index in [2.05, 4.69) is 15.5 Å². The van der Waals surface area contributed by atoms with E-state index in [1.54, 1.807) is 13.0 Å². The number of anilines is 1. The summed E-state index contributed by atoms with van der Waals surface area (Å²) in [5.74, 6) is 1.01. The minimum Gasteiger partial charge on any atom is -0.480 e. The molecule has 1 aromatic heterocycles. The molecule has 0 radical (unpaired) electrons. The number of nitrogens with one attached hydrogen (secondary N) is 1. The molecule has 6 nitrogen and oxygen atoms in total. The fourth-order valence-electron chi connectivity index (χ4n) is 3.14. The SMILES string of the molecule is Cc1cccc(NC(=O)[C@H](C)Oc2ccccc2-c2nnc(-c3ccccc3)o2)c1C. The van der Waals surface area contributed by atoms with Gasteiger partial charge >= 0.3 is 0 Å². The molecule has 4 rings (SSSR count). The predicted octanol–water partition coefficient (Wildman–Crippen LogP) is 5.43. The molecule has 0 aliphatic carbocycles. The van der Waals surface area contributed by atoms with E-state index < -0.39 is 6.10 Å². The van der Waals surface area contributed by atoms with E-state index in [-0.39, 0.29) is 5.91 Å². The Labute approximate surface area is 180 Å². The molecule has 4 aromatic rings. The number of carbonyl (C=O) groups is 1. The number of aromatic nitrogens is 2. The summed E-state index contributed by atoms with van der Waals surface area (Å²) >= 11 is 0. The highest BCUT2D eigenvalue weighted by Crippen LogP contribution is 2.31. The highest BCUT2D eigenvalue weighted by atomic mass is 16.5. The lowest BCUT2D eigenvalue weighted by Gasteiger charge is -2.17. The van der Waals surface area contributed by atoms with Crippen molar-refractivity contribution in [1.29, 1.82) is 0 Å². The summed E-state index contributed by atoms with van der Waals surface area (Å²) in [6.45, 7) is 5.70. The summed E-state index contributed by atoms with van der Waals surface area (Å²) in [4.78, 5) is 12.7. The molecule has 0 spiro atoms. The maximum Gasteiger partial charge on any atom is 0.265 e. The first-order valence-electron chi connectivity index (χ1n) is 10.0. The molecule has 31 heavy (non-hydrogen) atoms. The van der Waals surface area contributed by atoms with Crippen LogP contribution in [0.15, 0.2) is 77.2 Å². The van der Waals surface area contributed by atoms with Crippen molar-refractivity contribution in [2.24, 2.45) is 0 Å². The number of ether oxygens (including phenoxy) is 1. The molecular formula is C25H23N3O3. The Hall–Kier alpha value is -3.93. The van der Waals surface area contributed by atoms with E-state index in [1.165, 1.54) is 0 Å². The van der Waals surface area contributed by atoms with Crippen molar-refractivity contribution in [3.63, 3.8) is 0 Å². The fraction of sp³-hybridized carbons (Fsp3) is 0.160. The van der Waals surface area contributed by atoms with Gasteiger partial charge in [-0.1, -0.05) is 42.5 Å². The van der Waals surface area contributed by atoms with Crippen molar-refractivity contribution in [3.05, 3.63) is 83.9 Å². The van der Waals surface area contributed by atoms with Gasteiger partial charge in [0.15, 0.2) is 6.10 Å². The van der Waals surface area contributed by atoms with Crippen LogP contribution >= 0.6 is 0 Å². The zero-order valence-corrected chi connectivity index (χ0v) is 17.6. The lowest BCUT2D eigenvalue weighted by atomic mass is 10.1. The molecular weight excluding hydrogens is 390 g/mol. The van der Waals surface area contributed by atoms with Crippen LogP contribution in [-0.2, 0) is 4.79 Å². The van der Waals surface area contributed by atoms with Crippen molar-refractivity contribution in [1.82, 2.24) is 10.2 Å². The third kappa shape index (κ3) is 4.48. The fourth-order valence-corrected chi connectivity index (χ4v) is 3.14. The molecule has 0 bridgehead atoms. The second-order valence-corrected chi connectivity index (χ2v) is 7.27. The van der Waals surface area contributed by atoms with Crippen LogP contribution in [-0.4, -0.2) is 22.2 Å². The lowest BCUT2D eigenvalue weighted by Crippen LogP contribution is -2.30. The first-order valence-corrected chi connectivity index (χ1v) is 10.0. The highest BCUT2D eigenvalue weighted by molar-refractivity contribution is 5.95. The topological polar surface area (TPSA) is 77.2 Å². The van der Waals surface area contributed by atoms with Gasteiger partial charge in [-0.15, -0.1) is 10.2 Å². The molecule has 0 fully saturated rings. The smallest absolute Gasteiger partial charge is 0.265 e. The molecule has 1 atom stereocenters. The van der Waals surface area contributed by atoms with E-state index >= 15 is 0 Å². The van der Waals surface area contributed by atoms with Crippen LogP contribution in [0.25, 0.3) is 22.9 Å². The van der Waals surface area contributed by atoms with Crippen molar-refractivity contribution < 1.29 is 13.9 Å². The number of para-hydroxylation sites is 1. The first kappa shape index (κ1) is 20.3. The summed E-state index contributed by atoms with van der Waals surface area (Å²) in [6.07, 6.45) is -0.724. The van der Waals surface area contributed by atoms with Crippen LogP contribution < -0.4 is 10.1 Å². The van der Waals surface area contributed by atoms with Gasteiger partial charge in [0.1, 0.15) is 5.75 Å². The number of rotatable bonds is 6. The van der Waals surface area contributed by atoms with Gasteiger partial charge < -0.3 is 14.5 Å². The Balaban J connectivity index is 1.53. The Morgan fingerprint density at radius 3 is 2.42 bits per heavy atom. The molecule has 6 heteroatoms. The molecule has 3 aromatic carbocycles. The largest absolute Gasteiger partial charge is 0.480 e. The van der Waals surface area contributed by atoms with Gasteiger partial charge in [-0.3, -0.25) is 4.79 Å². The predicted molar refractivity (Wildman–Crippen MR) is 120 cm³/mol. The molecule has 0 saturated heterocycles. The lowest BCUT2D eigenvalue weighted by molar-refractivity contribution is -0.122. The second kappa shape index (κ2) is 8.83. The number of hydrogen-bond acceptors (Lipinski definition) is 5. The van der Waals surface area contributed by atoms with E-state index in [0.717, 1.165) is 22.4 Å². The quantitative estimate of drug-likeness (QED) is 0.456. The monoisotopic (exact) mass is 413 g/mol. The number of carbonyl (C=O) groups excluding carboxylic acids is 1. The third-order valence-corrected chi connectivity index (χ3v) is 5.10. The van der Waals surface area contributed by atoms with E-state index in [4.69, 9.17) is 9.15 Å². The average Bonchev–Trinajstić information content (AvgIpc) is 3.28. The summed E-state index contributed by atoms with van der Waals surface area (Å²) in [5, 5.41) is 11.2. The summed E-state index contributed by atoms with van der Waals surface area (Å²) in [5.41, 5.74) is 4.38. The molecule has 1 amide bonds. The number of benzene rings is 3. The van der Waals surface area contributed by atoms with E-state index in [1.807, 2.05) is 80.6 Å². The number of nitrogens with zero attached hydrogens (tertiary/aromatic N) is 2.